The molecule has 1 aliphatic rings. The summed E-state index contributed by atoms with van der Waals surface area (Å²) in [6.07, 6.45) is 4.05. The second kappa shape index (κ2) is 5.48. The van der Waals surface area contributed by atoms with Gasteiger partial charge in [-0.15, -0.1) is 0 Å². The topological polar surface area (TPSA) is 41.5 Å². The van der Waals surface area contributed by atoms with Gasteiger partial charge in [-0.05, 0) is 38.0 Å². The molecule has 1 aliphatic carbocycles. The fourth-order valence-corrected chi connectivity index (χ4v) is 2.24. The zero-order valence-corrected chi connectivity index (χ0v) is 11.2. The van der Waals surface area contributed by atoms with Crippen LogP contribution in [0, 0.1) is 5.41 Å². The van der Waals surface area contributed by atoms with Crippen LogP contribution in [0.5, 0.6) is 0 Å². The molecule has 0 heterocycles. The van der Waals surface area contributed by atoms with E-state index in [2.05, 4.69) is 26.1 Å². The summed E-state index contributed by atoms with van der Waals surface area (Å²) in [5.74, 6) is 0. The Morgan fingerprint density at radius 3 is 2.31 bits per heavy atom. The van der Waals surface area contributed by atoms with E-state index in [-0.39, 0.29) is 0 Å². The van der Waals surface area contributed by atoms with Crippen molar-refractivity contribution in [1.82, 2.24) is 5.32 Å². The van der Waals surface area contributed by atoms with Crippen molar-refractivity contribution >= 4 is 0 Å². The lowest BCUT2D eigenvalue weighted by atomic mass is 9.71. The molecule has 1 saturated carbocycles. The monoisotopic (exact) mass is 229 g/mol. The number of rotatable bonds is 5. The summed E-state index contributed by atoms with van der Waals surface area (Å²) in [4.78, 5) is 0. The third-order valence-electron chi connectivity index (χ3n) is 3.73. The molecule has 0 saturated heterocycles. The van der Waals surface area contributed by atoms with Gasteiger partial charge in [-0.25, -0.2) is 0 Å². The molecule has 0 amide bonds. The van der Waals surface area contributed by atoms with Crippen molar-refractivity contribution in [3.63, 3.8) is 0 Å². The van der Waals surface area contributed by atoms with Crippen LogP contribution in [0.2, 0.25) is 0 Å². The highest BCUT2D eigenvalue weighted by molar-refractivity contribution is 4.90. The highest BCUT2D eigenvalue weighted by Crippen LogP contribution is 2.39. The van der Waals surface area contributed by atoms with Crippen molar-refractivity contribution in [2.45, 2.75) is 58.1 Å². The third kappa shape index (κ3) is 4.40. The van der Waals surface area contributed by atoms with Gasteiger partial charge >= 0.3 is 0 Å². The van der Waals surface area contributed by atoms with Gasteiger partial charge in [0.25, 0.3) is 0 Å². The first-order valence-corrected chi connectivity index (χ1v) is 6.32. The largest absolute Gasteiger partial charge is 0.389 e. The molecule has 0 aromatic rings. The second-order valence-electron chi connectivity index (χ2n) is 6.13. The van der Waals surface area contributed by atoms with E-state index in [1.54, 1.807) is 7.11 Å². The van der Waals surface area contributed by atoms with E-state index in [1.807, 2.05) is 0 Å². The van der Waals surface area contributed by atoms with Crippen LogP contribution in [0.25, 0.3) is 0 Å². The molecule has 0 spiro atoms. The fraction of sp³-hybridized carbons (Fsp3) is 1.00. The molecule has 3 nitrogen and oxygen atoms in total. The Labute approximate surface area is 99.6 Å². The van der Waals surface area contributed by atoms with Crippen LogP contribution < -0.4 is 5.32 Å². The summed E-state index contributed by atoms with van der Waals surface area (Å²) in [5.41, 5.74) is -0.0953. The molecule has 1 atom stereocenters. The molecule has 16 heavy (non-hydrogen) atoms. The van der Waals surface area contributed by atoms with Crippen LogP contribution >= 0.6 is 0 Å². The van der Waals surface area contributed by atoms with Gasteiger partial charge < -0.3 is 15.2 Å². The van der Waals surface area contributed by atoms with Crippen LogP contribution in [-0.4, -0.2) is 37.0 Å². The molecule has 1 fully saturated rings. The van der Waals surface area contributed by atoms with E-state index in [0.717, 1.165) is 25.7 Å². The van der Waals surface area contributed by atoms with Crippen molar-refractivity contribution < 1.29 is 9.84 Å². The molecule has 2 N–H and O–H groups in total. The number of aliphatic hydroxyl groups is 1. The molecule has 3 heteroatoms. The molecule has 0 radical (unpaired) electrons. The summed E-state index contributed by atoms with van der Waals surface area (Å²) >= 11 is 0. The van der Waals surface area contributed by atoms with Crippen molar-refractivity contribution in [2.75, 3.05) is 20.3 Å². The Balaban J connectivity index is 2.31. The quantitative estimate of drug-likeness (QED) is 0.757. The minimum absolute atomic E-state index is 0.309. The molecule has 0 aliphatic heterocycles. The first-order chi connectivity index (χ1) is 7.37. The lowest BCUT2D eigenvalue weighted by Crippen LogP contribution is -2.48. The standard InChI is InChI=1S/C13H27NO2/c1-11(9-16-4)14-10-13(15)7-5-12(2,3)6-8-13/h11,14-15H,5-10H2,1-4H3. The summed E-state index contributed by atoms with van der Waals surface area (Å²) in [7, 11) is 1.70. The minimum Gasteiger partial charge on any atom is -0.389 e. The number of hydrogen-bond acceptors (Lipinski definition) is 3. The Bertz CT molecular complexity index is 206. The van der Waals surface area contributed by atoms with Gasteiger partial charge in [-0.2, -0.15) is 0 Å². The highest BCUT2D eigenvalue weighted by Gasteiger charge is 2.36. The van der Waals surface area contributed by atoms with Crippen molar-refractivity contribution in [3.05, 3.63) is 0 Å². The molecule has 0 bridgehead atoms. The first kappa shape index (κ1) is 13.9. The normalized spacial score (nSPS) is 25.3. The Kier molecular flexibility index (Phi) is 4.77. The van der Waals surface area contributed by atoms with Crippen molar-refractivity contribution in [1.29, 1.82) is 0 Å². The maximum Gasteiger partial charge on any atom is 0.0772 e. The maximum atomic E-state index is 10.4. The van der Waals surface area contributed by atoms with E-state index < -0.39 is 5.60 Å². The molecule has 0 aromatic heterocycles. The van der Waals surface area contributed by atoms with Gasteiger partial charge in [0, 0.05) is 19.7 Å². The smallest absolute Gasteiger partial charge is 0.0772 e. The van der Waals surface area contributed by atoms with Crippen LogP contribution in [0.1, 0.15) is 46.5 Å². The first-order valence-electron chi connectivity index (χ1n) is 6.32. The highest BCUT2D eigenvalue weighted by atomic mass is 16.5. The van der Waals surface area contributed by atoms with Crippen molar-refractivity contribution in [3.8, 4) is 0 Å². The summed E-state index contributed by atoms with van der Waals surface area (Å²) in [5, 5.41) is 13.8. The van der Waals surface area contributed by atoms with E-state index >= 15 is 0 Å². The molecule has 96 valence electrons. The second-order valence-corrected chi connectivity index (χ2v) is 6.13. The summed E-state index contributed by atoms with van der Waals surface area (Å²) in [6, 6.07) is 0.309. The number of ether oxygens (including phenoxy) is 1. The van der Waals surface area contributed by atoms with Gasteiger partial charge in [0.05, 0.1) is 12.2 Å². The zero-order valence-electron chi connectivity index (χ0n) is 11.2. The number of nitrogens with one attached hydrogen (secondary N) is 1. The van der Waals surface area contributed by atoms with Crippen LogP contribution in [0.3, 0.4) is 0 Å². The van der Waals surface area contributed by atoms with E-state index in [1.165, 1.54) is 0 Å². The summed E-state index contributed by atoms with van der Waals surface area (Å²) < 4.78 is 5.07. The minimum atomic E-state index is -0.502. The van der Waals surface area contributed by atoms with E-state index in [0.29, 0.717) is 24.6 Å². The lowest BCUT2D eigenvalue weighted by molar-refractivity contribution is -0.0271. The van der Waals surface area contributed by atoms with Crippen LogP contribution in [0.15, 0.2) is 0 Å². The van der Waals surface area contributed by atoms with Gasteiger partial charge in [-0.1, -0.05) is 13.8 Å². The third-order valence-corrected chi connectivity index (χ3v) is 3.73. The molecular formula is C13H27NO2. The Hall–Kier alpha value is -0.120. The van der Waals surface area contributed by atoms with Crippen LogP contribution in [0.4, 0.5) is 0 Å². The molecule has 1 rings (SSSR count). The van der Waals surface area contributed by atoms with Gasteiger partial charge in [-0.3, -0.25) is 0 Å². The van der Waals surface area contributed by atoms with E-state index in [4.69, 9.17) is 4.74 Å². The zero-order chi connectivity index (χ0) is 12.2. The molecule has 1 unspecified atom stereocenters. The van der Waals surface area contributed by atoms with Gasteiger partial charge in [0.2, 0.25) is 0 Å². The van der Waals surface area contributed by atoms with Crippen LogP contribution in [-0.2, 0) is 4.74 Å². The van der Waals surface area contributed by atoms with Crippen molar-refractivity contribution in [2.24, 2.45) is 5.41 Å². The Morgan fingerprint density at radius 1 is 1.25 bits per heavy atom. The lowest BCUT2D eigenvalue weighted by Gasteiger charge is -2.40. The van der Waals surface area contributed by atoms with Gasteiger partial charge in [0.15, 0.2) is 0 Å². The Morgan fingerprint density at radius 2 is 1.81 bits per heavy atom. The predicted molar refractivity (Wildman–Crippen MR) is 66.5 cm³/mol. The SMILES string of the molecule is COCC(C)NCC1(O)CCC(C)(C)CC1. The summed E-state index contributed by atoms with van der Waals surface area (Å²) in [6.45, 7) is 8.04. The average molecular weight is 229 g/mol. The number of hydrogen-bond donors (Lipinski definition) is 2. The van der Waals surface area contributed by atoms with Gasteiger partial charge in [0.1, 0.15) is 0 Å². The fourth-order valence-electron chi connectivity index (χ4n) is 2.24. The molecular weight excluding hydrogens is 202 g/mol. The predicted octanol–water partition coefficient (Wildman–Crippen LogP) is 1.94. The average Bonchev–Trinajstić information content (AvgIpc) is 2.21. The maximum absolute atomic E-state index is 10.4. The number of methoxy groups -OCH3 is 1. The molecule has 0 aromatic carbocycles. The van der Waals surface area contributed by atoms with E-state index in [9.17, 15) is 5.11 Å².